The number of amides is 2. The lowest BCUT2D eigenvalue weighted by molar-refractivity contribution is -0.143. The van der Waals surface area contributed by atoms with Crippen LogP contribution in [-0.4, -0.2) is 35.4 Å². The Hall–Kier alpha value is -3.67. The van der Waals surface area contributed by atoms with Gasteiger partial charge in [0.2, 0.25) is 5.91 Å². The average molecular weight is 545 g/mol. The van der Waals surface area contributed by atoms with Crippen LogP contribution in [0.4, 0.5) is 4.39 Å². The molecule has 3 aromatic carbocycles. The molecular weight excluding hydrogens is 503 g/mol. The first-order valence-electron chi connectivity index (χ1n) is 14.3. The van der Waals surface area contributed by atoms with Gasteiger partial charge in [0.05, 0.1) is 0 Å². The standard InChI is InChI=1S/C34H41FN2O3/c1-34(2,3)29-16-10-11-17-31(29)40-24-32(38)37(23-26-18-20-27(35)21-19-26)30(22-25-12-6-4-7-13-25)33(39)36-28-14-8-5-9-15-28/h4,6-7,10-13,16-21,28,30H,5,8-9,14-15,22-24H2,1-3H3,(H,36,39)/t30-/m1/s1. The van der Waals surface area contributed by atoms with Gasteiger partial charge in [0.1, 0.15) is 17.6 Å². The lowest BCUT2D eigenvalue weighted by Gasteiger charge is -2.33. The number of benzene rings is 3. The number of rotatable bonds is 10. The van der Waals surface area contributed by atoms with Gasteiger partial charge in [-0.25, -0.2) is 4.39 Å². The van der Waals surface area contributed by atoms with Crippen molar-refractivity contribution < 1.29 is 18.7 Å². The molecule has 0 unspecified atom stereocenters. The lowest BCUT2D eigenvalue weighted by atomic mass is 9.86. The molecule has 1 saturated carbocycles. The van der Waals surface area contributed by atoms with Gasteiger partial charge in [-0.3, -0.25) is 9.59 Å². The van der Waals surface area contributed by atoms with Gasteiger partial charge in [-0.1, -0.05) is 101 Å². The molecule has 0 heterocycles. The van der Waals surface area contributed by atoms with E-state index in [9.17, 15) is 14.0 Å². The molecule has 0 aliphatic heterocycles. The van der Waals surface area contributed by atoms with Crippen molar-refractivity contribution in [1.82, 2.24) is 10.2 Å². The van der Waals surface area contributed by atoms with Gasteiger partial charge in [0.25, 0.3) is 5.91 Å². The van der Waals surface area contributed by atoms with Gasteiger partial charge >= 0.3 is 0 Å². The molecule has 0 aromatic heterocycles. The fraction of sp³-hybridized carbons (Fsp3) is 0.412. The molecule has 3 aromatic rings. The van der Waals surface area contributed by atoms with Crippen LogP contribution in [0.15, 0.2) is 78.9 Å². The van der Waals surface area contributed by atoms with E-state index in [1.807, 2.05) is 54.6 Å². The second kappa shape index (κ2) is 13.6. The van der Waals surface area contributed by atoms with Crippen molar-refractivity contribution in [2.45, 2.75) is 83.3 Å². The molecule has 2 amide bonds. The number of hydrogen-bond donors (Lipinski definition) is 1. The SMILES string of the molecule is CC(C)(C)c1ccccc1OCC(=O)N(Cc1ccc(F)cc1)[C@H](Cc1ccccc1)C(=O)NC1CCCCC1. The van der Waals surface area contributed by atoms with Crippen LogP contribution in [0.5, 0.6) is 5.75 Å². The zero-order valence-corrected chi connectivity index (χ0v) is 23.9. The van der Waals surface area contributed by atoms with Gasteiger partial charge < -0.3 is 15.0 Å². The van der Waals surface area contributed by atoms with Gasteiger partial charge in [-0.15, -0.1) is 0 Å². The van der Waals surface area contributed by atoms with Crippen LogP contribution < -0.4 is 10.1 Å². The van der Waals surface area contributed by atoms with E-state index in [-0.39, 0.29) is 42.2 Å². The summed E-state index contributed by atoms with van der Waals surface area (Å²) in [5.41, 5.74) is 2.54. The number of ether oxygens (including phenoxy) is 1. The van der Waals surface area contributed by atoms with Crippen molar-refractivity contribution in [3.05, 3.63) is 101 Å². The van der Waals surface area contributed by atoms with E-state index in [4.69, 9.17) is 4.74 Å². The number of carbonyl (C=O) groups is 2. The van der Waals surface area contributed by atoms with Crippen LogP contribution >= 0.6 is 0 Å². The molecule has 1 fully saturated rings. The van der Waals surface area contributed by atoms with Gasteiger partial charge in [0.15, 0.2) is 6.61 Å². The first kappa shape index (κ1) is 29.3. The Balaban J connectivity index is 1.63. The lowest BCUT2D eigenvalue weighted by Crippen LogP contribution is -2.53. The van der Waals surface area contributed by atoms with E-state index in [1.165, 1.54) is 18.6 Å². The number of nitrogens with one attached hydrogen (secondary N) is 1. The number of hydrogen-bond acceptors (Lipinski definition) is 3. The van der Waals surface area contributed by atoms with Crippen molar-refractivity contribution in [2.75, 3.05) is 6.61 Å². The number of halogens is 1. The van der Waals surface area contributed by atoms with E-state index >= 15 is 0 Å². The third-order valence-electron chi connectivity index (χ3n) is 7.54. The number of nitrogens with zero attached hydrogens (tertiary/aromatic N) is 1. The monoisotopic (exact) mass is 544 g/mol. The van der Waals surface area contributed by atoms with Crippen LogP contribution in [0.25, 0.3) is 0 Å². The van der Waals surface area contributed by atoms with Crippen molar-refractivity contribution in [1.29, 1.82) is 0 Å². The summed E-state index contributed by atoms with van der Waals surface area (Å²) in [6.45, 7) is 6.26. The molecule has 4 rings (SSSR count). The molecule has 5 nitrogen and oxygen atoms in total. The largest absolute Gasteiger partial charge is 0.483 e. The van der Waals surface area contributed by atoms with E-state index < -0.39 is 6.04 Å². The summed E-state index contributed by atoms with van der Waals surface area (Å²) in [5, 5.41) is 3.24. The van der Waals surface area contributed by atoms with Crippen molar-refractivity contribution in [2.24, 2.45) is 0 Å². The summed E-state index contributed by atoms with van der Waals surface area (Å²) in [4.78, 5) is 29.4. The van der Waals surface area contributed by atoms with Crippen molar-refractivity contribution in [3.8, 4) is 5.75 Å². The molecule has 212 valence electrons. The van der Waals surface area contributed by atoms with Crippen LogP contribution in [0, 0.1) is 5.82 Å². The molecule has 1 aliphatic rings. The molecule has 1 atom stereocenters. The Kier molecular flexibility index (Phi) is 9.97. The minimum Gasteiger partial charge on any atom is -0.483 e. The van der Waals surface area contributed by atoms with E-state index in [0.29, 0.717) is 12.2 Å². The molecule has 0 radical (unpaired) electrons. The van der Waals surface area contributed by atoms with Crippen LogP contribution in [0.3, 0.4) is 0 Å². The summed E-state index contributed by atoms with van der Waals surface area (Å²) < 4.78 is 19.8. The molecule has 1 aliphatic carbocycles. The minimum absolute atomic E-state index is 0.109. The number of para-hydroxylation sites is 1. The van der Waals surface area contributed by atoms with Crippen LogP contribution in [-0.2, 0) is 28.0 Å². The zero-order chi connectivity index (χ0) is 28.5. The smallest absolute Gasteiger partial charge is 0.261 e. The molecule has 40 heavy (non-hydrogen) atoms. The highest BCUT2D eigenvalue weighted by atomic mass is 19.1. The maximum Gasteiger partial charge on any atom is 0.261 e. The highest BCUT2D eigenvalue weighted by Crippen LogP contribution is 2.31. The molecular formula is C34H41FN2O3. The molecule has 0 saturated heterocycles. The Morgan fingerprint density at radius 3 is 2.23 bits per heavy atom. The Bertz CT molecular complexity index is 1250. The summed E-state index contributed by atoms with van der Waals surface area (Å²) in [6.07, 6.45) is 5.62. The molecule has 0 spiro atoms. The summed E-state index contributed by atoms with van der Waals surface area (Å²) in [7, 11) is 0. The first-order chi connectivity index (χ1) is 19.2. The second-order valence-corrected chi connectivity index (χ2v) is 11.7. The van der Waals surface area contributed by atoms with Crippen molar-refractivity contribution in [3.63, 3.8) is 0 Å². The maximum absolute atomic E-state index is 13.9. The topological polar surface area (TPSA) is 58.6 Å². The average Bonchev–Trinajstić information content (AvgIpc) is 2.95. The predicted octanol–water partition coefficient (Wildman–Crippen LogP) is 6.59. The van der Waals surface area contributed by atoms with Crippen molar-refractivity contribution >= 4 is 11.8 Å². The quantitative estimate of drug-likeness (QED) is 0.313. The summed E-state index contributed by atoms with van der Waals surface area (Å²) in [5.74, 6) is -0.162. The summed E-state index contributed by atoms with van der Waals surface area (Å²) >= 11 is 0. The third kappa shape index (κ3) is 8.17. The second-order valence-electron chi connectivity index (χ2n) is 11.7. The molecule has 1 N–H and O–H groups in total. The zero-order valence-electron chi connectivity index (χ0n) is 23.9. The van der Waals surface area contributed by atoms with Gasteiger partial charge in [0, 0.05) is 19.0 Å². The highest BCUT2D eigenvalue weighted by Gasteiger charge is 2.32. The Morgan fingerprint density at radius 2 is 1.55 bits per heavy atom. The number of carbonyl (C=O) groups excluding carboxylic acids is 2. The van der Waals surface area contributed by atoms with Crippen LogP contribution in [0.1, 0.15) is 69.6 Å². The van der Waals surface area contributed by atoms with E-state index in [2.05, 4.69) is 26.1 Å². The van der Waals surface area contributed by atoms with E-state index in [1.54, 1.807) is 17.0 Å². The molecule has 6 heteroatoms. The predicted molar refractivity (Wildman–Crippen MR) is 157 cm³/mol. The highest BCUT2D eigenvalue weighted by molar-refractivity contribution is 5.88. The normalized spacial score (nSPS) is 14.8. The molecule has 0 bridgehead atoms. The van der Waals surface area contributed by atoms with Gasteiger partial charge in [-0.2, -0.15) is 0 Å². The summed E-state index contributed by atoms with van der Waals surface area (Å²) in [6, 6.07) is 22.9. The Labute approximate surface area is 237 Å². The minimum atomic E-state index is -0.747. The fourth-order valence-electron chi connectivity index (χ4n) is 5.32. The first-order valence-corrected chi connectivity index (χ1v) is 14.3. The third-order valence-corrected chi connectivity index (χ3v) is 7.54. The van der Waals surface area contributed by atoms with E-state index in [0.717, 1.165) is 42.4 Å². The van der Waals surface area contributed by atoms with Gasteiger partial charge in [-0.05, 0) is 53.1 Å². The van der Waals surface area contributed by atoms with Crippen LogP contribution in [0.2, 0.25) is 0 Å². The maximum atomic E-state index is 13.9. The Morgan fingerprint density at radius 1 is 0.900 bits per heavy atom. The fourth-order valence-corrected chi connectivity index (χ4v) is 5.32.